The Kier molecular flexibility index (Phi) is 6.89. The zero-order valence-electron chi connectivity index (χ0n) is 20.8. The summed E-state index contributed by atoms with van der Waals surface area (Å²) in [5.74, 6) is 1.21. The van der Waals surface area contributed by atoms with Gasteiger partial charge in [0.25, 0.3) is 0 Å². The van der Waals surface area contributed by atoms with Gasteiger partial charge < -0.3 is 14.4 Å². The third-order valence-corrected chi connectivity index (χ3v) is 6.11. The van der Waals surface area contributed by atoms with Gasteiger partial charge in [0.1, 0.15) is 6.54 Å². The van der Waals surface area contributed by atoms with Crippen molar-refractivity contribution in [2.75, 3.05) is 18.7 Å². The summed E-state index contributed by atoms with van der Waals surface area (Å²) in [4.78, 5) is 32.6. The van der Waals surface area contributed by atoms with Crippen molar-refractivity contribution >= 4 is 17.8 Å². The first kappa shape index (κ1) is 24.1. The van der Waals surface area contributed by atoms with Crippen LogP contribution in [0.1, 0.15) is 19.4 Å². The molecule has 0 radical (unpaired) electrons. The second kappa shape index (κ2) is 10.6. The van der Waals surface area contributed by atoms with Crippen LogP contribution in [0.4, 0.5) is 5.95 Å². The maximum absolute atomic E-state index is 13.2. The number of para-hydroxylation sites is 1. The number of fused-ring (bicyclic) bond motifs is 1. The lowest BCUT2D eigenvalue weighted by molar-refractivity contribution is -0.135. The van der Waals surface area contributed by atoms with Gasteiger partial charge in [-0.1, -0.05) is 54.6 Å². The van der Waals surface area contributed by atoms with Crippen molar-refractivity contribution < 1.29 is 19.1 Å². The van der Waals surface area contributed by atoms with E-state index < -0.39 is 0 Å². The van der Waals surface area contributed by atoms with Gasteiger partial charge >= 0.3 is 0 Å². The first-order valence-electron chi connectivity index (χ1n) is 12.2. The first-order valence-corrected chi connectivity index (χ1v) is 12.2. The summed E-state index contributed by atoms with van der Waals surface area (Å²) in [7, 11) is 0. The molecule has 37 heavy (non-hydrogen) atoms. The SMILES string of the molecule is CC(C)N(CC(=O)Nc1nc(-c2ccccc2)cn1-c1ccccc1)C(=O)Cc1ccc2c(c1)OCO2. The number of rotatable bonds is 8. The number of nitrogens with zero attached hydrogens (tertiary/aromatic N) is 3. The second-order valence-electron chi connectivity index (χ2n) is 9.05. The largest absolute Gasteiger partial charge is 0.454 e. The van der Waals surface area contributed by atoms with Crippen LogP contribution in [-0.2, 0) is 16.0 Å². The van der Waals surface area contributed by atoms with Crippen LogP contribution in [0.2, 0.25) is 0 Å². The topological polar surface area (TPSA) is 85.7 Å². The number of anilines is 1. The molecular weight excluding hydrogens is 468 g/mol. The number of ether oxygens (including phenoxy) is 2. The van der Waals surface area contributed by atoms with E-state index in [9.17, 15) is 9.59 Å². The molecule has 0 unspecified atom stereocenters. The predicted octanol–water partition coefficient (Wildman–Crippen LogP) is 4.69. The summed E-state index contributed by atoms with van der Waals surface area (Å²) in [6.45, 7) is 3.87. The molecule has 1 aliphatic heterocycles. The highest BCUT2D eigenvalue weighted by molar-refractivity contribution is 5.94. The van der Waals surface area contributed by atoms with Gasteiger partial charge in [-0.05, 0) is 43.7 Å². The minimum atomic E-state index is -0.324. The van der Waals surface area contributed by atoms with E-state index in [1.807, 2.05) is 91.3 Å². The van der Waals surface area contributed by atoms with Crippen molar-refractivity contribution in [2.45, 2.75) is 26.3 Å². The maximum Gasteiger partial charge on any atom is 0.246 e. The van der Waals surface area contributed by atoms with Crippen LogP contribution in [0.5, 0.6) is 11.5 Å². The fourth-order valence-corrected chi connectivity index (χ4v) is 4.21. The van der Waals surface area contributed by atoms with Gasteiger partial charge in [0.2, 0.25) is 24.6 Å². The van der Waals surface area contributed by atoms with E-state index in [4.69, 9.17) is 14.5 Å². The minimum Gasteiger partial charge on any atom is -0.454 e. The number of hydrogen-bond donors (Lipinski definition) is 1. The van der Waals surface area contributed by atoms with E-state index in [-0.39, 0.29) is 37.6 Å². The van der Waals surface area contributed by atoms with Crippen LogP contribution < -0.4 is 14.8 Å². The highest BCUT2D eigenvalue weighted by Gasteiger charge is 2.23. The molecule has 8 nitrogen and oxygen atoms in total. The van der Waals surface area contributed by atoms with Gasteiger partial charge in [0.05, 0.1) is 12.1 Å². The molecule has 0 spiro atoms. The van der Waals surface area contributed by atoms with Gasteiger partial charge in [0, 0.05) is 23.5 Å². The molecule has 1 aliphatic rings. The van der Waals surface area contributed by atoms with Crippen LogP contribution in [0.15, 0.2) is 85.1 Å². The average molecular weight is 497 g/mol. The highest BCUT2D eigenvalue weighted by Crippen LogP contribution is 2.32. The standard InChI is InChI=1S/C29H28N4O4/c1-20(2)32(28(35)16-21-13-14-25-26(15-21)37-19-36-25)18-27(34)31-29-30-24(22-9-5-3-6-10-22)17-33(29)23-11-7-4-8-12-23/h3-15,17,20H,16,18-19H2,1-2H3,(H,30,31,34). The smallest absolute Gasteiger partial charge is 0.246 e. The molecule has 8 heteroatoms. The number of aromatic nitrogens is 2. The molecule has 2 heterocycles. The van der Waals surface area contributed by atoms with Gasteiger partial charge in [-0.15, -0.1) is 0 Å². The van der Waals surface area contributed by atoms with Crippen molar-refractivity contribution in [2.24, 2.45) is 0 Å². The van der Waals surface area contributed by atoms with Crippen LogP contribution >= 0.6 is 0 Å². The zero-order valence-corrected chi connectivity index (χ0v) is 20.8. The third kappa shape index (κ3) is 5.48. The highest BCUT2D eigenvalue weighted by atomic mass is 16.7. The molecule has 0 saturated carbocycles. The number of amides is 2. The Morgan fingerprint density at radius 3 is 2.41 bits per heavy atom. The fraction of sp³-hybridized carbons (Fsp3) is 0.207. The van der Waals surface area contributed by atoms with Crippen molar-refractivity contribution in [3.8, 4) is 28.4 Å². The summed E-state index contributed by atoms with van der Waals surface area (Å²) in [5.41, 5.74) is 3.34. The molecule has 0 fully saturated rings. The van der Waals surface area contributed by atoms with Crippen molar-refractivity contribution in [1.82, 2.24) is 14.5 Å². The zero-order chi connectivity index (χ0) is 25.8. The van der Waals surface area contributed by atoms with Gasteiger partial charge in [-0.25, -0.2) is 4.98 Å². The maximum atomic E-state index is 13.2. The summed E-state index contributed by atoms with van der Waals surface area (Å²) in [6.07, 6.45) is 2.05. The average Bonchev–Trinajstić information content (AvgIpc) is 3.55. The molecule has 1 aromatic heterocycles. The Hall–Kier alpha value is -4.59. The molecule has 188 valence electrons. The molecule has 0 aliphatic carbocycles. The Balaban J connectivity index is 1.33. The summed E-state index contributed by atoms with van der Waals surface area (Å²) >= 11 is 0. The molecule has 0 bridgehead atoms. The van der Waals surface area contributed by atoms with E-state index in [1.54, 1.807) is 17.0 Å². The van der Waals surface area contributed by atoms with E-state index >= 15 is 0 Å². The summed E-state index contributed by atoms with van der Waals surface area (Å²) in [6, 6.07) is 24.7. The predicted molar refractivity (Wildman–Crippen MR) is 141 cm³/mol. The first-order chi connectivity index (χ1) is 18.0. The second-order valence-corrected chi connectivity index (χ2v) is 9.05. The Labute approximate surface area is 215 Å². The van der Waals surface area contributed by atoms with E-state index in [2.05, 4.69) is 5.32 Å². The van der Waals surface area contributed by atoms with Gasteiger partial charge in [-0.2, -0.15) is 0 Å². The molecular formula is C29H28N4O4. The third-order valence-electron chi connectivity index (χ3n) is 6.11. The molecule has 0 saturated heterocycles. The molecule has 3 aromatic carbocycles. The normalized spacial score (nSPS) is 12.0. The van der Waals surface area contributed by atoms with Crippen molar-refractivity contribution in [3.05, 3.63) is 90.6 Å². The lowest BCUT2D eigenvalue weighted by atomic mass is 10.1. The van der Waals surface area contributed by atoms with E-state index in [0.29, 0.717) is 17.4 Å². The quantitative estimate of drug-likeness (QED) is 0.383. The number of carbonyl (C=O) groups is 2. The van der Waals surface area contributed by atoms with Gasteiger partial charge in [-0.3, -0.25) is 19.5 Å². The molecule has 0 atom stereocenters. The van der Waals surface area contributed by atoms with Crippen LogP contribution in [0.3, 0.4) is 0 Å². The number of hydrogen-bond acceptors (Lipinski definition) is 5. The number of nitrogens with one attached hydrogen (secondary N) is 1. The van der Waals surface area contributed by atoms with E-state index in [0.717, 1.165) is 22.5 Å². The number of imidazole rings is 1. The Morgan fingerprint density at radius 2 is 1.68 bits per heavy atom. The fourth-order valence-electron chi connectivity index (χ4n) is 4.21. The molecule has 4 aromatic rings. The lowest BCUT2D eigenvalue weighted by Gasteiger charge is -2.26. The summed E-state index contributed by atoms with van der Waals surface area (Å²) in [5, 5.41) is 2.92. The van der Waals surface area contributed by atoms with E-state index in [1.165, 1.54) is 0 Å². The monoisotopic (exact) mass is 496 g/mol. The van der Waals surface area contributed by atoms with Crippen LogP contribution in [0.25, 0.3) is 16.9 Å². The number of carbonyl (C=O) groups excluding carboxylic acids is 2. The van der Waals surface area contributed by atoms with Gasteiger partial charge in [0.15, 0.2) is 11.5 Å². The lowest BCUT2D eigenvalue weighted by Crippen LogP contribution is -2.43. The van der Waals surface area contributed by atoms with Crippen LogP contribution in [0, 0.1) is 0 Å². The summed E-state index contributed by atoms with van der Waals surface area (Å²) < 4.78 is 12.6. The van der Waals surface area contributed by atoms with Crippen molar-refractivity contribution in [1.29, 1.82) is 0 Å². The van der Waals surface area contributed by atoms with Crippen LogP contribution in [-0.4, -0.2) is 45.6 Å². The molecule has 1 N–H and O–H groups in total. The molecule has 2 amide bonds. The number of benzene rings is 3. The van der Waals surface area contributed by atoms with Crippen molar-refractivity contribution in [3.63, 3.8) is 0 Å². The Morgan fingerprint density at radius 1 is 0.973 bits per heavy atom. The Bertz CT molecular complexity index is 1400. The minimum absolute atomic E-state index is 0.0939. The molecule has 5 rings (SSSR count).